The molecule has 27 heavy (non-hydrogen) atoms. The summed E-state index contributed by atoms with van der Waals surface area (Å²) in [5.41, 5.74) is 15.1. The normalized spacial score (nSPS) is 15.0. The van der Waals surface area contributed by atoms with Crippen molar-refractivity contribution in [3.05, 3.63) is 59.8 Å². The summed E-state index contributed by atoms with van der Waals surface area (Å²) < 4.78 is 0. The van der Waals surface area contributed by atoms with Crippen LogP contribution in [-0.4, -0.2) is 34.5 Å². The van der Waals surface area contributed by atoms with E-state index in [0.717, 1.165) is 43.6 Å². The number of nitrogens with one attached hydrogen (secondary N) is 1. The summed E-state index contributed by atoms with van der Waals surface area (Å²) >= 11 is 0. The molecule has 6 N–H and O–H groups in total. The van der Waals surface area contributed by atoms with E-state index in [1.54, 1.807) is 35.3 Å². The molecule has 0 radical (unpaired) electrons. The Kier molecular flexibility index (Phi) is 7.11. The van der Waals surface area contributed by atoms with Gasteiger partial charge in [0.25, 0.3) is 0 Å². The zero-order chi connectivity index (χ0) is 19.8. The number of phenols is 1. The smallest absolute Gasteiger partial charge is 0.209 e. The first-order chi connectivity index (χ1) is 13.0. The molecule has 6 nitrogen and oxygen atoms in total. The summed E-state index contributed by atoms with van der Waals surface area (Å²) in [7, 11) is 0. The van der Waals surface area contributed by atoms with Gasteiger partial charge in [-0.3, -0.25) is 4.79 Å². The second-order valence-corrected chi connectivity index (χ2v) is 6.53. The van der Waals surface area contributed by atoms with Gasteiger partial charge in [0.2, 0.25) is 6.41 Å². The van der Waals surface area contributed by atoms with E-state index < -0.39 is 0 Å². The number of hydrogen-bond donors (Lipinski definition) is 4. The van der Waals surface area contributed by atoms with Crippen LogP contribution in [0.3, 0.4) is 0 Å². The number of para-hydroxylation sites is 1. The lowest BCUT2D eigenvalue weighted by Crippen LogP contribution is -2.31. The second kappa shape index (κ2) is 9.52. The summed E-state index contributed by atoms with van der Waals surface area (Å²) in [5.74, 6) is 1.06. The first-order valence-electron chi connectivity index (χ1n) is 9.00. The van der Waals surface area contributed by atoms with Crippen molar-refractivity contribution >= 4 is 24.0 Å². The highest BCUT2D eigenvalue weighted by atomic mass is 16.3. The molecule has 0 unspecified atom stereocenters. The van der Waals surface area contributed by atoms with E-state index in [4.69, 9.17) is 11.5 Å². The molecule has 0 atom stereocenters. The standard InChI is InChI=1S/C18H22N4O2.C3H6/c19-15(14-3-1-2-4-17(14)24)9-13-10-16(21-18(13)20)12-5-7-22(11-23)8-6-12;1-3-2/h1-4,9-12,21,24H,5-8,19-20H2;3H,1H2,2H3/b15-9-;. The van der Waals surface area contributed by atoms with Crippen molar-refractivity contribution < 1.29 is 9.90 Å². The number of nitrogens with two attached hydrogens (primary N) is 2. The van der Waals surface area contributed by atoms with Crippen molar-refractivity contribution in [1.82, 2.24) is 9.88 Å². The Morgan fingerprint density at radius 2 is 1.96 bits per heavy atom. The molecule has 3 rings (SSSR count). The van der Waals surface area contributed by atoms with Crippen molar-refractivity contribution in [2.75, 3.05) is 18.8 Å². The Bertz CT molecular complexity index is 802. The number of amides is 1. The van der Waals surface area contributed by atoms with Crippen LogP contribution >= 0.6 is 0 Å². The first kappa shape index (κ1) is 20.2. The number of H-pyrrole nitrogens is 1. The Balaban J connectivity index is 0.000000817. The molecule has 0 bridgehead atoms. The molecule has 6 heteroatoms. The van der Waals surface area contributed by atoms with E-state index in [1.807, 2.05) is 19.1 Å². The van der Waals surface area contributed by atoms with E-state index in [0.29, 0.717) is 23.0 Å². The van der Waals surface area contributed by atoms with Crippen LogP contribution in [0.2, 0.25) is 0 Å². The maximum atomic E-state index is 10.8. The monoisotopic (exact) mass is 368 g/mol. The molecule has 0 saturated carbocycles. The fourth-order valence-electron chi connectivity index (χ4n) is 3.13. The Morgan fingerprint density at radius 3 is 2.56 bits per heavy atom. The fourth-order valence-corrected chi connectivity index (χ4v) is 3.13. The average molecular weight is 368 g/mol. The van der Waals surface area contributed by atoms with Crippen LogP contribution in [0.4, 0.5) is 5.82 Å². The Morgan fingerprint density at radius 1 is 1.33 bits per heavy atom. The summed E-state index contributed by atoms with van der Waals surface area (Å²) in [6.07, 6.45) is 6.25. The molecule has 1 amide bonds. The van der Waals surface area contributed by atoms with Crippen LogP contribution in [0, 0.1) is 0 Å². The highest BCUT2D eigenvalue weighted by molar-refractivity contribution is 5.84. The molecule has 1 aromatic carbocycles. The third-order valence-electron chi connectivity index (χ3n) is 4.55. The number of anilines is 1. The number of carbonyl (C=O) groups is 1. The first-order valence-corrected chi connectivity index (χ1v) is 9.00. The van der Waals surface area contributed by atoms with Gasteiger partial charge in [-0.25, -0.2) is 0 Å². The molecule has 1 aliphatic rings. The highest BCUT2D eigenvalue weighted by Crippen LogP contribution is 2.31. The molecule has 2 aromatic rings. The number of aromatic hydroxyl groups is 1. The predicted molar refractivity (Wildman–Crippen MR) is 111 cm³/mol. The van der Waals surface area contributed by atoms with Gasteiger partial charge < -0.3 is 26.5 Å². The lowest BCUT2D eigenvalue weighted by molar-refractivity contribution is -0.119. The number of hydrogen-bond acceptors (Lipinski definition) is 4. The number of nitrogens with zero attached hydrogens (tertiary/aromatic N) is 1. The summed E-state index contributed by atoms with van der Waals surface area (Å²) in [4.78, 5) is 15.8. The van der Waals surface area contributed by atoms with Crippen molar-refractivity contribution in [2.45, 2.75) is 25.7 Å². The largest absolute Gasteiger partial charge is 0.507 e. The zero-order valence-electron chi connectivity index (χ0n) is 15.7. The molecule has 0 aliphatic carbocycles. The van der Waals surface area contributed by atoms with Crippen LogP contribution < -0.4 is 11.5 Å². The van der Waals surface area contributed by atoms with Crippen LogP contribution in [0.25, 0.3) is 11.8 Å². The van der Waals surface area contributed by atoms with Gasteiger partial charge in [0, 0.05) is 41.5 Å². The Hall–Kier alpha value is -3.15. The van der Waals surface area contributed by atoms with Gasteiger partial charge in [0.05, 0.1) is 0 Å². The number of piperidine rings is 1. The third kappa shape index (κ3) is 5.17. The number of carbonyl (C=O) groups excluding carboxylic acids is 1. The lowest BCUT2D eigenvalue weighted by Gasteiger charge is -2.28. The van der Waals surface area contributed by atoms with Gasteiger partial charge in [-0.15, -0.1) is 6.58 Å². The fraction of sp³-hybridized carbons (Fsp3) is 0.286. The minimum absolute atomic E-state index is 0.141. The Labute approximate surface area is 160 Å². The quantitative estimate of drug-likeness (QED) is 0.490. The number of likely N-dealkylation sites (tertiary alicyclic amines) is 1. The average Bonchev–Trinajstić information content (AvgIpc) is 3.03. The molecule has 1 fully saturated rings. The molecule has 144 valence electrons. The molecular weight excluding hydrogens is 340 g/mol. The SMILES string of the molecule is C=CC.N/C(=C\c1cc(C2CCN(C=O)CC2)[nH]c1N)c1ccccc1O. The van der Waals surface area contributed by atoms with Crippen molar-refractivity contribution in [3.8, 4) is 5.75 Å². The number of aromatic nitrogens is 1. The van der Waals surface area contributed by atoms with Crippen molar-refractivity contribution in [1.29, 1.82) is 0 Å². The number of aromatic amines is 1. The number of rotatable bonds is 4. The minimum Gasteiger partial charge on any atom is -0.507 e. The van der Waals surface area contributed by atoms with E-state index in [9.17, 15) is 9.90 Å². The van der Waals surface area contributed by atoms with Gasteiger partial charge in [-0.05, 0) is 44.0 Å². The van der Waals surface area contributed by atoms with Crippen molar-refractivity contribution in [3.63, 3.8) is 0 Å². The molecule has 1 saturated heterocycles. The maximum Gasteiger partial charge on any atom is 0.209 e. The van der Waals surface area contributed by atoms with Gasteiger partial charge in [0.1, 0.15) is 11.6 Å². The topological polar surface area (TPSA) is 108 Å². The maximum absolute atomic E-state index is 10.8. The summed E-state index contributed by atoms with van der Waals surface area (Å²) in [6.45, 7) is 6.77. The van der Waals surface area contributed by atoms with Crippen LogP contribution in [-0.2, 0) is 4.79 Å². The summed E-state index contributed by atoms with van der Waals surface area (Å²) in [5, 5.41) is 9.89. The number of phenolic OH excluding ortho intramolecular Hbond substituents is 1. The van der Waals surface area contributed by atoms with Crippen LogP contribution in [0.1, 0.15) is 42.5 Å². The summed E-state index contributed by atoms with van der Waals surface area (Å²) in [6, 6.07) is 8.94. The van der Waals surface area contributed by atoms with Gasteiger partial charge in [0.15, 0.2) is 0 Å². The van der Waals surface area contributed by atoms with Crippen LogP contribution in [0.5, 0.6) is 5.75 Å². The van der Waals surface area contributed by atoms with E-state index in [-0.39, 0.29) is 5.75 Å². The minimum atomic E-state index is 0.141. The van der Waals surface area contributed by atoms with Gasteiger partial charge in [-0.1, -0.05) is 18.2 Å². The van der Waals surface area contributed by atoms with Gasteiger partial charge >= 0.3 is 0 Å². The zero-order valence-corrected chi connectivity index (χ0v) is 15.7. The molecule has 0 spiro atoms. The van der Waals surface area contributed by atoms with Crippen molar-refractivity contribution in [2.24, 2.45) is 5.73 Å². The predicted octanol–water partition coefficient (Wildman–Crippen LogP) is 3.29. The third-order valence-corrected chi connectivity index (χ3v) is 4.55. The van der Waals surface area contributed by atoms with E-state index in [2.05, 4.69) is 11.6 Å². The van der Waals surface area contributed by atoms with E-state index >= 15 is 0 Å². The van der Waals surface area contributed by atoms with E-state index in [1.165, 1.54) is 0 Å². The second-order valence-electron chi connectivity index (χ2n) is 6.53. The number of nitrogen functional groups attached to an aromatic ring is 1. The molecule has 1 aliphatic heterocycles. The number of allylic oxidation sites excluding steroid dienone is 1. The molecule has 2 heterocycles. The highest BCUT2D eigenvalue weighted by Gasteiger charge is 2.21. The van der Waals surface area contributed by atoms with Crippen LogP contribution in [0.15, 0.2) is 43.0 Å². The lowest BCUT2D eigenvalue weighted by atomic mass is 9.93. The molecule has 1 aromatic heterocycles. The molecular formula is C21H28N4O2. The number of benzene rings is 1. The van der Waals surface area contributed by atoms with Gasteiger partial charge in [-0.2, -0.15) is 0 Å².